The van der Waals surface area contributed by atoms with Gasteiger partial charge in [0, 0.05) is 30.8 Å². The Morgan fingerprint density at radius 3 is 2.44 bits per heavy atom. The van der Waals surface area contributed by atoms with Crippen LogP contribution in [-0.4, -0.2) is 28.7 Å². The first kappa shape index (κ1) is 17.0. The van der Waals surface area contributed by atoms with E-state index in [1.807, 2.05) is 12.1 Å². The molecule has 3 rings (SSSR count). The van der Waals surface area contributed by atoms with Crippen LogP contribution in [0.3, 0.4) is 0 Å². The average Bonchev–Trinajstić information content (AvgIpc) is 3.15. The summed E-state index contributed by atoms with van der Waals surface area (Å²) in [5.74, 6) is -2.69. The van der Waals surface area contributed by atoms with Crippen LogP contribution >= 0.6 is 0 Å². The van der Waals surface area contributed by atoms with Gasteiger partial charge in [0.2, 0.25) is 9.84 Å². The third-order valence-electron chi connectivity index (χ3n) is 3.49. The summed E-state index contributed by atoms with van der Waals surface area (Å²) in [5.41, 5.74) is 1.53. The zero-order valence-corrected chi connectivity index (χ0v) is 13.7. The Kier molecular flexibility index (Phi) is 4.75. The summed E-state index contributed by atoms with van der Waals surface area (Å²) in [7, 11) is -4.57. The summed E-state index contributed by atoms with van der Waals surface area (Å²) in [6, 6.07) is 8.95. The Morgan fingerprint density at radius 2 is 1.88 bits per heavy atom. The van der Waals surface area contributed by atoms with Gasteiger partial charge in [0.15, 0.2) is 0 Å². The minimum atomic E-state index is -4.57. The largest absolute Gasteiger partial charge is 0.381 e. The average molecular weight is 364 g/mol. The maximum Gasteiger partial charge on any atom is 0.341 e. The first-order chi connectivity index (χ1) is 12.0. The Labute approximate surface area is 143 Å². The highest BCUT2D eigenvalue weighted by molar-refractivity contribution is 7.91. The van der Waals surface area contributed by atoms with Crippen molar-refractivity contribution in [1.29, 1.82) is 0 Å². The standard InChI is InChI=1S/C16H14F2N4O2S/c17-16(18)25(23,24)14-4-2-13(3-5-14)20-9-12-1-6-15(21-10-12)22-8-7-19-11-22/h1-8,10-11,16,20H,9H2. The highest BCUT2D eigenvalue weighted by Gasteiger charge is 2.26. The van der Waals surface area contributed by atoms with Crippen molar-refractivity contribution in [2.45, 2.75) is 17.2 Å². The molecule has 0 radical (unpaired) electrons. The SMILES string of the molecule is O=S(=O)(c1ccc(NCc2ccc(-n3ccnc3)nc2)cc1)C(F)F. The van der Waals surface area contributed by atoms with Gasteiger partial charge >= 0.3 is 5.76 Å². The zero-order chi connectivity index (χ0) is 17.9. The van der Waals surface area contributed by atoms with Gasteiger partial charge in [-0.1, -0.05) is 6.07 Å². The highest BCUT2D eigenvalue weighted by atomic mass is 32.2. The normalized spacial score (nSPS) is 11.6. The van der Waals surface area contributed by atoms with Gasteiger partial charge in [-0.15, -0.1) is 0 Å². The van der Waals surface area contributed by atoms with Gasteiger partial charge in [-0.05, 0) is 35.9 Å². The molecule has 0 aliphatic heterocycles. The van der Waals surface area contributed by atoms with E-state index in [0.717, 1.165) is 23.5 Å². The van der Waals surface area contributed by atoms with Gasteiger partial charge in [-0.25, -0.2) is 18.4 Å². The molecule has 0 amide bonds. The molecule has 0 saturated carbocycles. The Balaban J connectivity index is 1.64. The summed E-state index contributed by atoms with van der Waals surface area (Å²) in [4.78, 5) is 7.87. The number of pyridine rings is 1. The van der Waals surface area contributed by atoms with Crippen molar-refractivity contribution in [2.75, 3.05) is 5.32 Å². The smallest absolute Gasteiger partial charge is 0.341 e. The molecule has 0 aliphatic rings. The first-order valence-corrected chi connectivity index (χ1v) is 8.81. The molecular formula is C16H14F2N4O2S. The fraction of sp³-hybridized carbons (Fsp3) is 0.125. The fourth-order valence-electron chi connectivity index (χ4n) is 2.14. The van der Waals surface area contributed by atoms with Crippen molar-refractivity contribution < 1.29 is 17.2 Å². The van der Waals surface area contributed by atoms with Gasteiger partial charge in [-0.3, -0.25) is 4.57 Å². The highest BCUT2D eigenvalue weighted by Crippen LogP contribution is 2.20. The quantitative estimate of drug-likeness (QED) is 0.728. The second-order valence-corrected chi connectivity index (χ2v) is 7.10. The number of rotatable bonds is 6. The van der Waals surface area contributed by atoms with Crippen LogP contribution in [0.4, 0.5) is 14.5 Å². The maximum atomic E-state index is 12.5. The van der Waals surface area contributed by atoms with Crippen molar-refractivity contribution in [1.82, 2.24) is 14.5 Å². The molecule has 0 aliphatic carbocycles. The van der Waals surface area contributed by atoms with Gasteiger partial charge in [0.05, 0.1) is 4.90 Å². The van der Waals surface area contributed by atoms with E-state index in [9.17, 15) is 17.2 Å². The number of sulfone groups is 1. The number of aromatic nitrogens is 3. The van der Waals surface area contributed by atoms with E-state index in [0.29, 0.717) is 12.2 Å². The molecule has 0 atom stereocenters. The van der Waals surface area contributed by atoms with Crippen molar-refractivity contribution in [2.24, 2.45) is 0 Å². The molecule has 1 N–H and O–H groups in total. The lowest BCUT2D eigenvalue weighted by atomic mass is 10.2. The van der Waals surface area contributed by atoms with E-state index in [2.05, 4.69) is 15.3 Å². The lowest BCUT2D eigenvalue weighted by Gasteiger charge is -2.08. The number of benzene rings is 1. The topological polar surface area (TPSA) is 76.9 Å². The first-order valence-electron chi connectivity index (χ1n) is 7.26. The number of imidazole rings is 1. The Morgan fingerprint density at radius 1 is 1.12 bits per heavy atom. The number of alkyl halides is 2. The van der Waals surface area contributed by atoms with Gasteiger partial charge in [0.1, 0.15) is 12.1 Å². The molecule has 0 saturated heterocycles. The number of hydrogen-bond acceptors (Lipinski definition) is 5. The van der Waals surface area contributed by atoms with Crippen LogP contribution in [0.1, 0.15) is 5.56 Å². The van der Waals surface area contributed by atoms with Gasteiger partial charge in [-0.2, -0.15) is 8.78 Å². The molecule has 0 fully saturated rings. The summed E-state index contributed by atoms with van der Waals surface area (Å²) >= 11 is 0. The van der Waals surface area contributed by atoms with Crippen LogP contribution in [0.2, 0.25) is 0 Å². The second kappa shape index (κ2) is 6.98. The van der Waals surface area contributed by atoms with Gasteiger partial charge < -0.3 is 5.32 Å². The van der Waals surface area contributed by atoms with Crippen molar-refractivity contribution in [3.05, 3.63) is 66.9 Å². The minimum absolute atomic E-state index is 0.403. The van der Waals surface area contributed by atoms with E-state index < -0.39 is 20.5 Å². The number of hydrogen-bond donors (Lipinski definition) is 1. The van der Waals surface area contributed by atoms with Crippen LogP contribution in [0, 0.1) is 0 Å². The van der Waals surface area contributed by atoms with Crippen LogP contribution in [0.25, 0.3) is 5.82 Å². The number of anilines is 1. The van der Waals surface area contributed by atoms with Crippen molar-refractivity contribution in [3.63, 3.8) is 0 Å². The van der Waals surface area contributed by atoms with Crippen molar-refractivity contribution >= 4 is 15.5 Å². The summed E-state index contributed by atoms with van der Waals surface area (Å²) in [5, 5.41) is 3.08. The maximum absolute atomic E-state index is 12.5. The minimum Gasteiger partial charge on any atom is -0.381 e. The Hall–Kier alpha value is -2.81. The third kappa shape index (κ3) is 3.82. The molecule has 1 aromatic carbocycles. The van der Waals surface area contributed by atoms with Crippen LogP contribution < -0.4 is 5.32 Å². The molecule has 9 heteroatoms. The molecule has 2 aromatic heterocycles. The van der Waals surface area contributed by atoms with Gasteiger partial charge in [0.25, 0.3) is 0 Å². The Bertz CT molecular complexity index is 925. The monoisotopic (exact) mass is 364 g/mol. The second-order valence-electron chi connectivity index (χ2n) is 5.18. The van der Waals surface area contributed by atoms with Crippen molar-refractivity contribution in [3.8, 4) is 5.82 Å². The number of nitrogens with one attached hydrogen (secondary N) is 1. The van der Waals surface area contributed by atoms with Crippen LogP contribution in [-0.2, 0) is 16.4 Å². The van der Waals surface area contributed by atoms with E-state index in [-0.39, 0.29) is 0 Å². The lowest BCUT2D eigenvalue weighted by molar-refractivity contribution is 0.234. The molecule has 25 heavy (non-hydrogen) atoms. The summed E-state index contributed by atoms with van der Waals surface area (Å²) < 4.78 is 49.5. The van der Waals surface area contributed by atoms with Crippen LogP contribution in [0.5, 0.6) is 0 Å². The molecule has 0 unspecified atom stereocenters. The van der Waals surface area contributed by atoms with Crippen LogP contribution in [0.15, 0.2) is 66.2 Å². The summed E-state index contributed by atoms with van der Waals surface area (Å²) in [6.07, 6.45) is 6.80. The predicted molar refractivity (Wildman–Crippen MR) is 88.3 cm³/mol. The molecular weight excluding hydrogens is 350 g/mol. The van der Waals surface area contributed by atoms with E-state index in [4.69, 9.17) is 0 Å². The number of halogens is 2. The molecule has 3 aromatic rings. The fourth-order valence-corrected chi connectivity index (χ4v) is 2.86. The van der Waals surface area contributed by atoms with E-state index in [1.165, 1.54) is 12.1 Å². The molecule has 130 valence electrons. The van der Waals surface area contributed by atoms with E-state index >= 15 is 0 Å². The summed E-state index contributed by atoms with van der Waals surface area (Å²) in [6.45, 7) is 0.457. The lowest BCUT2D eigenvalue weighted by Crippen LogP contribution is -2.11. The zero-order valence-electron chi connectivity index (χ0n) is 12.9. The third-order valence-corrected chi connectivity index (χ3v) is 4.89. The molecule has 0 bridgehead atoms. The molecule has 6 nitrogen and oxygen atoms in total. The molecule has 2 heterocycles. The molecule has 0 spiro atoms. The predicted octanol–water partition coefficient (Wildman–Crippen LogP) is 2.88. The van der Waals surface area contributed by atoms with E-state index in [1.54, 1.807) is 29.5 Å². The number of nitrogens with zero attached hydrogens (tertiary/aromatic N) is 3.